The van der Waals surface area contributed by atoms with Crippen LogP contribution in [0.15, 0.2) is 5.10 Å². The Morgan fingerprint density at radius 1 is 1.67 bits per heavy atom. The van der Waals surface area contributed by atoms with Crippen LogP contribution in [-0.2, 0) is 0 Å². The van der Waals surface area contributed by atoms with Crippen molar-refractivity contribution in [2.75, 3.05) is 0 Å². The molecule has 3 heteroatoms. The predicted molar refractivity (Wildman–Crippen MR) is 38.1 cm³/mol. The van der Waals surface area contributed by atoms with Crippen LogP contribution in [-0.4, -0.2) is 23.6 Å². The van der Waals surface area contributed by atoms with Gasteiger partial charge in [0.2, 0.25) is 0 Å². The molecule has 1 heterocycles. The van der Waals surface area contributed by atoms with E-state index in [1.54, 1.807) is 6.34 Å². The summed E-state index contributed by atoms with van der Waals surface area (Å²) in [6.07, 6.45) is 2.11. The Morgan fingerprint density at radius 3 is 2.56 bits per heavy atom. The van der Waals surface area contributed by atoms with Gasteiger partial charge in [0.1, 0.15) is 12.5 Å². The number of rotatable bonds is 1. The fourth-order valence-electron chi connectivity index (χ4n) is 0.965. The van der Waals surface area contributed by atoms with Gasteiger partial charge in [-0.05, 0) is 20.8 Å². The molecular formula is C6H13N3. The second-order valence-corrected chi connectivity index (χ2v) is 2.56. The Bertz CT molecular complexity index is 119. The Morgan fingerprint density at radius 2 is 2.33 bits per heavy atom. The predicted octanol–water partition coefficient (Wildman–Crippen LogP) is 0.589. The zero-order valence-corrected chi connectivity index (χ0v) is 6.13. The summed E-state index contributed by atoms with van der Waals surface area (Å²) in [5.74, 6) is 0. The molecule has 0 aliphatic carbocycles. The van der Waals surface area contributed by atoms with Gasteiger partial charge >= 0.3 is 0 Å². The highest BCUT2D eigenvalue weighted by molar-refractivity contribution is 5.56. The zero-order valence-electron chi connectivity index (χ0n) is 6.13. The van der Waals surface area contributed by atoms with Crippen molar-refractivity contribution in [1.82, 2.24) is 10.3 Å². The average molecular weight is 127 g/mol. The van der Waals surface area contributed by atoms with E-state index in [0.717, 1.165) is 0 Å². The number of nitrogens with one attached hydrogen (secondary N) is 1. The summed E-state index contributed by atoms with van der Waals surface area (Å²) in [5, 5.41) is 9.23. The van der Waals surface area contributed by atoms with Crippen LogP contribution in [0, 0.1) is 0 Å². The second kappa shape index (κ2) is 2.25. The maximum absolute atomic E-state index is 4.11. The smallest absolute Gasteiger partial charge is 0.114 e. The van der Waals surface area contributed by atoms with E-state index in [1.165, 1.54) is 0 Å². The lowest BCUT2D eigenvalue weighted by atomic mass is 10.3. The maximum Gasteiger partial charge on any atom is 0.114 e. The van der Waals surface area contributed by atoms with E-state index < -0.39 is 0 Å². The first-order chi connectivity index (χ1) is 4.22. The molecule has 9 heavy (non-hydrogen) atoms. The van der Waals surface area contributed by atoms with Crippen molar-refractivity contribution in [2.45, 2.75) is 33.0 Å². The van der Waals surface area contributed by atoms with Crippen LogP contribution in [0.3, 0.4) is 0 Å². The summed E-state index contributed by atoms with van der Waals surface area (Å²) < 4.78 is 0. The molecule has 1 N–H and O–H groups in total. The summed E-state index contributed by atoms with van der Waals surface area (Å²) in [6.45, 7) is 6.34. The van der Waals surface area contributed by atoms with Crippen molar-refractivity contribution in [3.05, 3.63) is 0 Å². The normalized spacial score (nSPS) is 25.3. The van der Waals surface area contributed by atoms with Gasteiger partial charge < -0.3 is 5.32 Å². The van der Waals surface area contributed by atoms with Gasteiger partial charge in [0.05, 0.1) is 0 Å². The molecule has 1 rings (SSSR count). The van der Waals surface area contributed by atoms with Gasteiger partial charge in [-0.3, -0.25) is 5.01 Å². The minimum absolute atomic E-state index is 0.366. The molecule has 0 aromatic carbocycles. The summed E-state index contributed by atoms with van der Waals surface area (Å²) in [4.78, 5) is 0. The molecular weight excluding hydrogens is 114 g/mol. The first-order valence-corrected chi connectivity index (χ1v) is 3.28. The second-order valence-electron chi connectivity index (χ2n) is 2.56. The molecule has 0 amide bonds. The molecule has 1 atom stereocenters. The van der Waals surface area contributed by atoms with E-state index in [1.807, 2.05) is 5.01 Å². The Hall–Kier alpha value is -0.730. The van der Waals surface area contributed by atoms with E-state index in [9.17, 15) is 0 Å². The Balaban J connectivity index is 2.49. The van der Waals surface area contributed by atoms with E-state index >= 15 is 0 Å². The van der Waals surface area contributed by atoms with Crippen LogP contribution >= 0.6 is 0 Å². The van der Waals surface area contributed by atoms with Crippen LogP contribution in [0.1, 0.15) is 20.8 Å². The summed E-state index contributed by atoms with van der Waals surface area (Å²) >= 11 is 0. The largest absolute Gasteiger partial charge is 0.354 e. The molecule has 1 aliphatic heterocycles. The quantitative estimate of drug-likeness (QED) is 0.558. The minimum Gasteiger partial charge on any atom is -0.354 e. The van der Waals surface area contributed by atoms with Gasteiger partial charge in [0, 0.05) is 6.04 Å². The summed E-state index contributed by atoms with van der Waals surface area (Å²) in [5.41, 5.74) is 0. The van der Waals surface area contributed by atoms with E-state index in [4.69, 9.17) is 0 Å². The molecule has 0 spiro atoms. The molecule has 1 unspecified atom stereocenters. The number of nitrogens with zero attached hydrogens (tertiary/aromatic N) is 2. The molecule has 0 fully saturated rings. The van der Waals surface area contributed by atoms with E-state index in [2.05, 4.69) is 31.2 Å². The summed E-state index contributed by atoms with van der Waals surface area (Å²) in [7, 11) is 0. The van der Waals surface area contributed by atoms with Crippen molar-refractivity contribution in [3.8, 4) is 0 Å². The van der Waals surface area contributed by atoms with Gasteiger partial charge in [-0.1, -0.05) is 0 Å². The molecule has 1 aliphatic rings. The molecule has 0 saturated heterocycles. The van der Waals surface area contributed by atoms with Crippen LogP contribution in [0.25, 0.3) is 0 Å². The first-order valence-electron chi connectivity index (χ1n) is 3.28. The maximum atomic E-state index is 4.11. The fourth-order valence-corrected chi connectivity index (χ4v) is 0.965. The van der Waals surface area contributed by atoms with Crippen LogP contribution in [0.4, 0.5) is 0 Å². The van der Waals surface area contributed by atoms with Crippen LogP contribution < -0.4 is 5.32 Å². The lowest BCUT2D eigenvalue weighted by Crippen LogP contribution is -2.37. The molecule has 0 aromatic rings. The van der Waals surface area contributed by atoms with Crippen molar-refractivity contribution < 1.29 is 0 Å². The third kappa shape index (κ3) is 1.15. The highest BCUT2D eigenvalue weighted by Crippen LogP contribution is 2.05. The number of hydrazone groups is 1. The monoisotopic (exact) mass is 127 g/mol. The minimum atomic E-state index is 0.366. The van der Waals surface area contributed by atoms with E-state index in [-0.39, 0.29) is 0 Å². The summed E-state index contributed by atoms with van der Waals surface area (Å²) in [6, 6.07) is 0.492. The van der Waals surface area contributed by atoms with Crippen LogP contribution in [0.5, 0.6) is 0 Å². The highest BCUT2D eigenvalue weighted by Gasteiger charge is 2.16. The molecule has 0 bridgehead atoms. The number of hydrogen-bond acceptors (Lipinski definition) is 3. The lowest BCUT2D eigenvalue weighted by molar-refractivity contribution is 0.183. The van der Waals surface area contributed by atoms with Gasteiger partial charge in [-0.25, -0.2) is 0 Å². The van der Waals surface area contributed by atoms with Gasteiger partial charge in [-0.15, -0.1) is 0 Å². The van der Waals surface area contributed by atoms with Crippen molar-refractivity contribution >= 4 is 6.34 Å². The third-order valence-corrected chi connectivity index (χ3v) is 1.43. The molecule has 0 aromatic heterocycles. The standard InChI is InChI=1S/C6H13N3/c1-5(2)9-6(3)7-4-8-9/h4-6H,1-3H3,(H,7,8). The van der Waals surface area contributed by atoms with Crippen LogP contribution in [0.2, 0.25) is 0 Å². The molecule has 0 radical (unpaired) electrons. The fraction of sp³-hybridized carbons (Fsp3) is 0.833. The number of hydrogen-bond donors (Lipinski definition) is 1. The van der Waals surface area contributed by atoms with Crippen molar-refractivity contribution in [1.29, 1.82) is 0 Å². The first kappa shape index (κ1) is 6.39. The lowest BCUT2D eigenvalue weighted by Gasteiger charge is -2.23. The van der Waals surface area contributed by atoms with Crippen molar-refractivity contribution in [2.24, 2.45) is 5.10 Å². The molecule has 0 saturated carbocycles. The highest BCUT2D eigenvalue weighted by atomic mass is 15.6. The average Bonchev–Trinajstić information content (AvgIpc) is 2.13. The Kier molecular flexibility index (Phi) is 1.60. The third-order valence-electron chi connectivity index (χ3n) is 1.43. The SMILES string of the molecule is CC(C)N1N=CNC1C. The van der Waals surface area contributed by atoms with Gasteiger partial charge in [0.15, 0.2) is 0 Å². The zero-order chi connectivity index (χ0) is 6.85. The Labute approximate surface area is 55.7 Å². The van der Waals surface area contributed by atoms with Gasteiger partial charge in [-0.2, -0.15) is 5.10 Å². The molecule has 52 valence electrons. The topological polar surface area (TPSA) is 27.6 Å². The van der Waals surface area contributed by atoms with E-state index in [0.29, 0.717) is 12.2 Å². The van der Waals surface area contributed by atoms with Crippen molar-refractivity contribution in [3.63, 3.8) is 0 Å². The van der Waals surface area contributed by atoms with Gasteiger partial charge in [0.25, 0.3) is 0 Å². The molecule has 3 nitrogen and oxygen atoms in total.